The molecular formula is C22H40O5. The zero-order chi connectivity index (χ0) is 20.2. The Labute approximate surface area is 165 Å². The smallest absolute Gasteiger partial charge is 0.375 e. The molecule has 5 heteroatoms. The van der Waals surface area contributed by atoms with Crippen molar-refractivity contribution in [2.45, 2.75) is 110 Å². The third kappa shape index (κ3) is 17.8. The maximum absolute atomic E-state index is 11.7. The molecule has 0 aromatic heterocycles. The van der Waals surface area contributed by atoms with Gasteiger partial charge in [0, 0.05) is 0 Å². The molecule has 0 spiro atoms. The minimum atomic E-state index is -0.922. The molecule has 27 heavy (non-hydrogen) atoms. The maximum Gasteiger partial charge on any atom is 0.375 e. The molecule has 0 radical (unpaired) electrons. The van der Waals surface area contributed by atoms with Crippen molar-refractivity contribution in [2.75, 3.05) is 13.2 Å². The van der Waals surface area contributed by atoms with Gasteiger partial charge in [0.15, 0.2) is 0 Å². The lowest BCUT2D eigenvalue weighted by Crippen LogP contribution is -2.22. The Bertz CT molecular complexity index is 392. The van der Waals surface area contributed by atoms with Crippen LogP contribution in [-0.4, -0.2) is 30.9 Å². The first-order chi connectivity index (χ1) is 13.1. The summed E-state index contributed by atoms with van der Waals surface area (Å²) < 4.78 is 9.94. The normalized spacial score (nSPS) is 10.6. The predicted octanol–water partition coefficient (Wildman–Crippen LogP) is 5.53. The summed E-state index contributed by atoms with van der Waals surface area (Å²) in [7, 11) is 0. The van der Waals surface area contributed by atoms with Crippen LogP contribution in [0.4, 0.5) is 0 Å². The minimum Gasteiger partial charge on any atom is -0.465 e. The fourth-order valence-corrected chi connectivity index (χ4v) is 2.80. The highest BCUT2D eigenvalue weighted by Gasteiger charge is 2.20. The van der Waals surface area contributed by atoms with E-state index in [2.05, 4.69) is 13.8 Å². The molecule has 0 aliphatic rings. The van der Waals surface area contributed by atoms with E-state index in [-0.39, 0.29) is 6.61 Å². The predicted molar refractivity (Wildman–Crippen MR) is 108 cm³/mol. The van der Waals surface area contributed by atoms with Crippen LogP contribution in [0.1, 0.15) is 110 Å². The lowest BCUT2D eigenvalue weighted by atomic mass is 10.1. The summed E-state index contributed by atoms with van der Waals surface area (Å²) in [6, 6.07) is 0. The number of hydrogen-bond donors (Lipinski definition) is 0. The molecule has 0 aromatic rings. The average molecular weight is 385 g/mol. The van der Waals surface area contributed by atoms with Crippen LogP contribution >= 0.6 is 0 Å². The first-order valence-corrected chi connectivity index (χ1v) is 11.0. The number of ether oxygens (including phenoxy) is 2. The van der Waals surface area contributed by atoms with Crippen molar-refractivity contribution in [1.29, 1.82) is 0 Å². The van der Waals surface area contributed by atoms with Crippen molar-refractivity contribution in [3.8, 4) is 0 Å². The summed E-state index contributed by atoms with van der Waals surface area (Å²) >= 11 is 0. The third-order valence-electron chi connectivity index (χ3n) is 4.52. The standard InChI is InChI=1S/C22H40O5/c1-3-5-7-9-11-13-15-17-26-21(24)19-20(23)22(25)27-18-16-14-12-10-8-6-4-2/h3-19H2,1-2H3. The van der Waals surface area contributed by atoms with E-state index in [1.54, 1.807) is 0 Å². The van der Waals surface area contributed by atoms with Gasteiger partial charge in [-0.2, -0.15) is 0 Å². The summed E-state index contributed by atoms with van der Waals surface area (Å²) in [4.78, 5) is 34.8. The highest BCUT2D eigenvalue weighted by molar-refractivity contribution is 6.36. The lowest BCUT2D eigenvalue weighted by Gasteiger charge is -2.06. The second kappa shape index (κ2) is 19.4. The van der Waals surface area contributed by atoms with Gasteiger partial charge in [-0.15, -0.1) is 0 Å². The third-order valence-corrected chi connectivity index (χ3v) is 4.52. The van der Waals surface area contributed by atoms with E-state index < -0.39 is 24.1 Å². The van der Waals surface area contributed by atoms with Gasteiger partial charge in [0.25, 0.3) is 5.78 Å². The molecule has 0 aliphatic carbocycles. The molecule has 0 aliphatic heterocycles. The molecule has 0 saturated carbocycles. The first-order valence-electron chi connectivity index (χ1n) is 11.0. The summed E-state index contributed by atoms with van der Waals surface area (Å²) in [6.07, 6.45) is 15.2. The van der Waals surface area contributed by atoms with Crippen LogP contribution in [0.3, 0.4) is 0 Å². The van der Waals surface area contributed by atoms with Crippen molar-refractivity contribution in [3.05, 3.63) is 0 Å². The Morgan fingerprint density at radius 2 is 0.963 bits per heavy atom. The highest BCUT2D eigenvalue weighted by atomic mass is 16.5. The van der Waals surface area contributed by atoms with E-state index in [0.29, 0.717) is 6.61 Å². The van der Waals surface area contributed by atoms with Crippen molar-refractivity contribution in [1.82, 2.24) is 0 Å². The minimum absolute atomic E-state index is 0.241. The van der Waals surface area contributed by atoms with Crippen molar-refractivity contribution >= 4 is 17.7 Å². The number of unbranched alkanes of at least 4 members (excludes halogenated alkanes) is 12. The van der Waals surface area contributed by atoms with Gasteiger partial charge in [0.1, 0.15) is 6.42 Å². The topological polar surface area (TPSA) is 69.7 Å². The van der Waals surface area contributed by atoms with E-state index in [1.807, 2.05) is 0 Å². The van der Waals surface area contributed by atoms with Crippen LogP contribution in [0.2, 0.25) is 0 Å². The van der Waals surface area contributed by atoms with Crippen LogP contribution < -0.4 is 0 Å². The zero-order valence-electron chi connectivity index (χ0n) is 17.6. The summed E-state index contributed by atoms with van der Waals surface area (Å²) in [5.74, 6) is -2.38. The van der Waals surface area contributed by atoms with Crippen molar-refractivity contribution in [3.63, 3.8) is 0 Å². The monoisotopic (exact) mass is 384 g/mol. The molecule has 5 nitrogen and oxygen atoms in total. The molecule has 0 fully saturated rings. The molecule has 0 atom stereocenters. The average Bonchev–Trinajstić information content (AvgIpc) is 2.65. The van der Waals surface area contributed by atoms with Gasteiger partial charge in [-0.3, -0.25) is 9.59 Å². The molecule has 0 saturated heterocycles. The summed E-state index contributed by atoms with van der Waals surface area (Å²) in [5, 5.41) is 0. The second-order valence-electron chi connectivity index (χ2n) is 7.20. The molecular weight excluding hydrogens is 344 g/mol. The van der Waals surface area contributed by atoms with E-state index in [0.717, 1.165) is 38.5 Å². The van der Waals surface area contributed by atoms with Crippen LogP contribution in [-0.2, 0) is 23.9 Å². The number of carbonyl (C=O) groups excluding carboxylic acids is 3. The van der Waals surface area contributed by atoms with Gasteiger partial charge in [-0.05, 0) is 12.8 Å². The maximum atomic E-state index is 11.7. The lowest BCUT2D eigenvalue weighted by molar-refractivity contribution is -0.158. The first kappa shape index (κ1) is 25.6. The van der Waals surface area contributed by atoms with E-state index in [9.17, 15) is 14.4 Å². The summed E-state index contributed by atoms with van der Waals surface area (Å²) in [5.41, 5.74) is 0. The van der Waals surface area contributed by atoms with E-state index in [1.165, 1.54) is 51.4 Å². The number of rotatable bonds is 19. The van der Waals surface area contributed by atoms with Gasteiger partial charge < -0.3 is 9.47 Å². The number of Topliss-reactive ketones (excluding diaryl/α,β-unsaturated/α-hetero) is 1. The summed E-state index contributed by atoms with van der Waals surface area (Å²) in [6.45, 7) is 4.92. The molecule has 0 unspecified atom stereocenters. The Kier molecular flexibility index (Phi) is 18.4. The fraction of sp³-hybridized carbons (Fsp3) is 0.864. The molecule has 158 valence electrons. The molecule has 0 heterocycles. The highest BCUT2D eigenvalue weighted by Crippen LogP contribution is 2.08. The zero-order valence-corrected chi connectivity index (χ0v) is 17.6. The van der Waals surface area contributed by atoms with Gasteiger partial charge in [-0.25, -0.2) is 4.79 Å². The Balaban J connectivity index is 3.54. The molecule has 0 amide bonds. The van der Waals surface area contributed by atoms with Crippen molar-refractivity contribution < 1.29 is 23.9 Å². The van der Waals surface area contributed by atoms with Crippen LogP contribution in [0.25, 0.3) is 0 Å². The molecule has 0 N–H and O–H groups in total. The second-order valence-corrected chi connectivity index (χ2v) is 7.20. The van der Waals surface area contributed by atoms with Crippen molar-refractivity contribution in [2.24, 2.45) is 0 Å². The van der Waals surface area contributed by atoms with Gasteiger partial charge >= 0.3 is 11.9 Å². The number of carbonyl (C=O) groups is 3. The quantitative estimate of drug-likeness (QED) is 0.127. The van der Waals surface area contributed by atoms with E-state index >= 15 is 0 Å². The molecule has 0 aromatic carbocycles. The number of ketones is 1. The van der Waals surface area contributed by atoms with E-state index in [4.69, 9.17) is 9.47 Å². The molecule has 0 bridgehead atoms. The Morgan fingerprint density at radius 3 is 1.44 bits per heavy atom. The molecule has 0 rings (SSSR count). The SMILES string of the molecule is CCCCCCCCCOC(=O)CC(=O)C(=O)OCCCCCCCCC. The van der Waals surface area contributed by atoms with Crippen LogP contribution in [0.5, 0.6) is 0 Å². The van der Waals surface area contributed by atoms with Gasteiger partial charge in [0.2, 0.25) is 0 Å². The Morgan fingerprint density at radius 1 is 0.556 bits per heavy atom. The van der Waals surface area contributed by atoms with Crippen LogP contribution in [0.15, 0.2) is 0 Å². The van der Waals surface area contributed by atoms with Crippen LogP contribution in [0, 0.1) is 0 Å². The largest absolute Gasteiger partial charge is 0.465 e. The fourth-order valence-electron chi connectivity index (χ4n) is 2.80. The number of esters is 2. The number of hydrogen-bond acceptors (Lipinski definition) is 5. The van der Waals surface area contributed by atoms with Gasteiger partial charge in [-0.1, -0.05) is 90.9 Å². The van der Waals surface area contributed by atoms with Gasteiger partial charge in [0.05, 0.1) is 13.2 Å². The Hall–Kier alpha value is -1.39.